The lowest BCUT2D eigenvalue weighted by Crippen LogP contribution is -2.55. The smallest absolute Gasteiger partial charge is 0.227 e. The molecule has 0 aromatic carbocycles. The predicted molar refractivity (Wildman–Crippen MR) is 195 cm³/mol. The number of alkyl halides is 2. The molecule has 0 heterocycles. The zero-order valence-corrected chi connectivity index (χ0v) is 32.6. The van der Waals surface area contributed by atoms with E-state index >= 15 is 0 Å². The average Bonchev–Trinajstić information content (AvgIpc) is 3.09. The van der Waals surface area contributed by atoms with E-state index in [1.54, 1.807) is 14.1 Å². The van der Waals surface area contributed by atoms with Crippen LogP contribution in [0.2, 0.25) is 0 Å². The molecule has 3 saturated carbocycles. The highest BCUT2D eigenvalue weighted by molar-refractivity contribution is 7.90. The molecule has 3 rings (SSSR count). The van der Waals surface area contributed by atoms with Gasteiger partial charge in [0, 0.05) is 64.4 Å². The molecule has 0 aromatic heterocycles. The van der Waals surface area contributed by atoms with E-state index in [-0.39, 0.29) is 56.9 Å². The van der Waals surface area contributed by atoms with E-state index in [0.717, 1.165) is 38.5 Å². The van der Waals surface area contributed by atoms with Crippen LogP contribution in [0, 0.1) is 23.7 Å². The molecule has 3 amide bonds. The first-order valence-corrected chi connectivity index (χ1v) is 21.3. The minimum absolute atomic E-state index is 0.0636. The number of hydrogen-bond acceptors (Lipinski definition) is 7. The molecule has 7 unspecified atom stereocenters. The maximum Gasteiger partial charge on any atom is 0.227 e. The summed E-state index contributed by atoms with van der Waals surface area (Å²) in [7, 11) is -0.400. The molecule has 11 nitrogen and oxygen atoms in total. The van der Waals surface area contributed by atoms with Gasteiger partial charge < -0.3 is 20.2 Å². The molecule has 3 N–H and O–H groups in total. The second-order valence-electron chi connectivity index (χ2n) is 15.7. The number of amides is 3. The number of nitrogens with one attached hydrogen (secondary N) is 2. The summed E-state index contributed by atoms with van der Waals surface area (Å²) >= 11 is 0. The summed E-state index contributed by atoms with van der Waals surface area (Å²) in [6, 6.07) is -0.931. The SMILES string of the molecule is CCCCN(CC(O)C(CC1CC(F)CC(F)C1)NC(=O)C1CC(C(=O)N(C)C)CC(C(=O)N(CCC)CCC)C1)NS(=O)(=O)C1CCCCC1. The zero-order valence-electron chi connectivity index (χ0n) is 31.8. The predicted octanol–water partition coefficient (Wildman–Crippen LogP) is 4.74. The van der Waals surface area contributed by atoms with E-state index in [9.17, 15) is 36.7 Å². The summed E-state index contributed by atoms with van der Waals surface area (Å²) in [4.78, 5) is 47.2. The normalized spacial score (nSPS) is 27.5. The zero-order chi connectivity index (χ0) is 37.7. The number of hydrogen-bond donors (Lipinski definition) is 3. The first-order chi connectivity index (χ1) is 24.2. The second kappa shape index (κ2) is 21.1. The third-order valence-electron chi connectivity index (χ3n) is 11.0. The van der Waals surface area contributed by atoms with Crippen LogP contribution in [0.15, 0.2) is 0 Å². The Labute approximate surface area is 306 Å². The number of rotatable bonds is 19. The van der Waals surface area contributed by atoms with Gasteiger partial charge in [-0.3, -0.25) is 14.4 Å². The highest BCUT2D eigenvalue weighted by Crippen LogP contribution is 2.37. The van der Waals surface area contributed by atoms with Crippen molar-refractivity contribution in [1.82, 2.24) is 25.0 Å². The topological polar surface area (TPSA) is 139 Å². The number of hydrazine groups is 1. The third kappa shape index (κ3) is 13.5. The molecule has 3 aliphatic carbocycles. The van der Waals surface area contributed by atoms with Crippen molar-refractivity contribution in [3.8, 4) is 0 Å². The molecule has 0 aromatic rings. The van der Waals surface area contributed by atoms with Gasteiger partial charge in [0.1, 0.15) is 12.3 Å². The van der Waals surface area contributed by atoms with Gasteiger partial charge in [0.15, 0.2) is 0 Å². The van der Waals surface area contributed by atoms with Crippen molar-refractivity contribution in [3.63, 3.8) is 0 Å². The van der Waals surface area contributed by atoms with Crippen molar-refractivity contribution in [2.24, 2.45) is 23.7 Å². The van der Waals surface area contributed by atoms with E-state index < -0.39 is 69.3 Å². The van der Waals surface area contributed by atoms with Gasteiger partial charge in [0.05, 0.1) is 17.4 Å². The van der Waals surface area contributed by atoms with Gasteiger partial charge in [0.25, 0.3) is 0 Å². The van der Waals surface area contributed by atoms with Crippen molar-refractivity contribution in [1.29, 1.82) is 0 Å². The van der Waals surface area contributed by atoms with Crippen LogP contribution in [0.1, 0.15) is 124 Å². The van der Waals surface area contributed by atoms with E-state index in [1.165, 1.54) is 9.91 Å². The Balaban J connectivity index is 1.86. The minimum atomic E-state index is -3.71. The highest BCUT2D eigenvalue weighted by atomic mass is 32.2. The van der Waals surface area contributed by atoms with Crippen LogP contribution in [0.5, 0.6) is 0 Å². The molecular formula is C37H67F2N5O6S. The summed E-state index contributed by atoms with van der Waals surface area (Å²) in [5.41, 5.74) is 0. The maximum atomic E-state index is 14.5. The summed E-state index contributed by atoms with van der Waals surface area (Å²) in [5.74, 6) is -2.83. The van der Waals surface area contributed by atoms with Crippen LogP contribution < -0.4 is 10.1 Å². The van der Waals surface area contributed by atoms with Crippen LogP contribution in [0.4, 0.5) is 8.78 Å². The fourth-order valence-electron chi connectivity index (χ4n) is 8.39. The van der Waals surface area contributed by atoms with Crippen molar-refractivity contribution in [2.75, 3.05) is 40.3 Å². The van der Waals surface area contributed by atoms with Crippen molar-refractivity contribution < 1.29 is 36.7 Å². The Bertz CT molecular complexity index is 1190. The maximum absolute atomic E-state index is 14.5. The van der Waals surface area contributed by atoms with Crippen LogP contribution in [0.25, 0.3) is 0 Å². The van der Waals surface area contributed by atoms with Crippen LogP contribution >= 0.6 is 0 Å². The Morgan fingerprint density at radius 1 is 0.784 bits per heavy atom. The molecule has 0 aliphatic heterocycles. The molecule has 14 heteroatoms. The van der Waals surface area contributed by atoms with Crippen LogP contribution in [-0.2, 0) is 24.4 Å². The lowest BCUT2D eigenvalue weighted by molar-refractivity contribution is -0.143. The van der Waals surface area contributed by atoms with Gasteiger partial charge in [-0.15, -0.1) is 4.83 Å². The molecule has 0 spiro atoms. The fraction of sp³-hybridized carbons (Fsp3) is 0.919. The van der Waals surface area contributed by atoms with Crippen LogP contribution in [-0.4, -0.2) is 116 Å². The van der Waals surface area contributed by atoms with Crippen molar-refractivity contribution in [2.45, 2.75) is 153 Å². The van der Waals surface area contributed by atoms with Gasteiger partial charge in [0.2, 0.25) is 27.7 Å². The van der Waals surface area contributed by atoms with Gasteiger partial charge in [-0.05, 0) is 76.5 Å². The lowest BCUT2D eigenvalue weighted by atomic mass is 9.73. The van der Waals surface area contributed by atoms with Crippen molar-refractivity contribution in [3.05, 3.63) is 0 Å². The largest absolute Gasteiger partial charge is 0.390 e. The summed E-state index contributed by atoms with van der Waals surface area (Å²) < 4.78 is 55.8. The first-order valence-electron chi connectivity index (χ1n) is 19.7. The number of nitrogens with zero attached hydrogens (tertiary/aromatic N) is 3. The lowest BCUT2D eigenvalue weighted by Gasteiger charge is -2.38. The molecule has 3 fully saturated rings. The standard InChI is InChI=1S/C37H67F2N5O6S/c1-6-9-17-44(41-51(49,50)32-13-11-10-12-14-32)25-34(45)33(20-26-18-30(38)24-31(39)19-26)40-35(46)27-21-28(36(47)42(4)5)23-29(22-27)37(48)43(15-7-2)16-8-3/h26-34,41,45H,6-25H2,1-5H3,(H,40,46). The average molecular weight is 748 g/mol. The first kappa shape index (κ1) is 43.5. The van der Waals surface area contributed by atoms with Crippen LogP contribution in [0.3, 0.4) is 0 Å². The van der Waals surface area contributed by atoms with Gasteiger partial charge in [-0.2, -0.15) is 0 Å². The molecule has 0 radical (unpaired) electrons. The molecule has 0 saturated heterocycles. The minimum Gasteiger partial charge on any atom is -0.390 e. The molecule has 296 valence electrons. The number of aliphatic hydroxyl groups is 1. The molecular weight excluding hydrogens is 680 g/mol. The molecule has 7 atom stereocenters. The molecule has 51 heavy (non-hydrogen) atoms. The Morgan fingerprint density at radius 3 is 1.90 bits per heavy atom. The Hall–Kier alpha value is -1.90. The van der Waals surface area contributed by atoms with E-state index in [4.69, 9.17) is 0 Å². The molecule has 3 aliphatic rings. The number of carbonyl (C=O) groups excluding carboxylic acids is 3. The second-order valence-corrected chi connectivity index (χ2v) is 17.7. The Kier molecular flexibility index (Phi) is 18.0. The fourth-order valence-corrected chi connectivity index (χ4v) is 10.0. The highest BCUT2D eigenvalue weighted by Gasteiger charge is 2.42. The molecule has 0 bridgehead atoms. The quantitative estimate of drug-likeness (QED) is 0.162. The van der Waals surface area contributed by atoms with Gasteiger partial charge in [-0.25, -0.2) is 22.2 Å². The van der Waals surface area contributed by atoms with Gasteiger partial charge in [-0.1, -0.05) is 46.5 Å². The number of unbranched alkanes of at least 4 members (excludes halogenated alkanes) is 1. The summed E-state index contributed by atoms with van der Waals surface area (Å²) in [6.45, 7) is 7.39. The third-order valence-corrected chi connectivity index (χ3v) is 12.9. The summed E-state index contributed by atoms with van der Waals surface area (Å²) in [6.07, 6.45) is 3.94. The monoisotopic (exact) mass is 747 g/mol. The van der Waals surface area contributed by atoms with Crippen molar-refractivity contribution >= 4 is 27.7 Å². The van der Waals surface area contributed by atoms with E-state index in [1.807, 2.05) is 25.7 Å². The Morgan fingerprint density at radius 2 is 1.35 bits per heavy atom. The number of aliphatic hydroxyl groups excluding tert-OH is 1. The van der Waals surface area contributed by atoms with E-state index in [2.05, 4.69) is 10.1 Å². The number of halogens is 2. The number of carbonyl (C=O) groups is 3. The van der Waals surface area contributed by atoms with Gasteiger partial charge >= 0.3 is 0 Å². The number of sulfonamides is 1. The summed E-state index contributed by atoms with van der Waals surface area (Å²) in [5, 5.41) is 15.7. The van der Waals surface area contributed by atoms with E-state index in [0.29, 0.717) is 45.3 Å².